The van der Waals surface area contributed by atoms with Gasteiger partial charge >= 0.3 is 0 Å². The highest BCUT2D eigenvalue weighted by molar-refractivity contribution is 9.10. The Balaban J connectivity index is 2.23. The summed E-state index contributed by atoms with van der Waals surface area (Å²) in [5, 5.41) is 3.55. The zero-order valence-corrected chi connectivity index (χ0v) is 21.2. The molecule has 0 bridgehead atoms. The smallest absolute Gasteiger partial charge is 0.261 e. The Morgan fingerprint density at radius 2 is 1.81 bits per heavy atom. The van der Waals surface area contributed by atoms with Gasteiger partial charge in [-0.2, -0.15) is 0 Å². The predicted molar refractivity (Wildman–Crippen MR) is 130 cm³/mol. The number of ether oxygens (including phenoxy) is 2. The standard InChI is InChI=1S/C24H30BrClN2O4/c1-5-16(3)27-24(30)21(6-2)28(14-17-7-10-19(31-4)11-8-17)23(29)15-32-22-12-9-18(26)13-20(22)25/h7-13,16,21H,5-6,14-15H2,1-4H3,(H,27,30). The largest absolute Gasteiger partial charge is 0.497 e. The summed E-state index contributed by atoms with van der Waals surface area (Å²) in [5.41, 5.74) is 0.890. The average Bonchev–Trinajstić information content (AvgIpc) is 2.78. The minimum atomic E-state index is -0.615. The van der Waals surface area contributed by atoms with Gasteiger partial charge in [0, 0.05) is 17.6 Å². The monoisotopic (exact) mass is 524 g/mol. The van der Waals surface area contributed by atoms with Crippen molar-refractivity contribution in [1.29, 1.82) is 0 Å². The lowest BCUT2D eigenvalue weighted by Gasteiger charge is -2.31. The van der Waals surface area contributed by atoms with E-state index in [1.54, 1.807) is 30.2 Å². The highest BCUT2D eigenvalue weighted by atomic mass is 79.9. The summed E-state index contributed by atoms with van der Waals surface area (Å²) in [4.78, 5) is 27.8. The number of methoxy groups -OCH3 is 1. The Bertz CT molecular complexity index is 907. The van der Waals surface area contributed by atoms with Gasteiger partial charge in [0.2, 0.25) is 5.91 Å². The van der Waals surface area contributed by atoms with Crippen molar-refractivity contribution in [3.63, 3.8) is 0 Å². The van der Waals surface area contributed by atoms with E-state index in [-0.39, 0.29) is 31.0 Å². The van der Waals surface area contributed by atoms with Gasteiger partial charge in [0.1, 0.15) is 17.5 Å². The fraction of sp³-hybridized carbons (Fsp3) is 0.417. The number of halogens is 2. The van der Waals surface area contributed by atoms with E-state index < -0.39 is 6.04 Å². The van der Waals surface area contributed by atoms with Crippen molar-refractivity contribution in [2.24, 2.45) is 0 Å². The van der Waals surface area contributed by atoms with Gasteiger partial charge in [-0.15, -0.1) is 0 Å². The molecule has 0 radical (unpaired) electrons. The molecular weight excluding hydrogens is 496 g/mol. The number of carbonyl (C=O) groups is 2. The van der Waals surface area contributed by atoms with Crippen LogP contribution in [0, 0.1) is 0 Å². The van der Waals surface area contributed by atoms with E-state index in [1.807, 2.05) is 45.0 Å². The highest BCUT2D eigenvalue weighted by Crippen LogP contribution is 2.28. The summed E-state index contributed by atoms with van der Waals surface area (Å²) in [6.07, 6.45) is 1.29. The molecule has 6 nitrogen and oxygen atoms in total. The van der Waals surface area contributed by atoms with Gasteiger partial charge in [-0.3, -0.25) is 9.59 Å². The first-order chi connectivity index (χ1) is 15.3. The number of nitrogens with one attached hydrogen (secondary N) is 1. The first-order valence-electron chi connectivity index (χ1n) is 10.6. The maximum Gasteiger partial charge on any atom is 0.261 e. The van der Waals surface area contributed by atoms with E-state index in [0.717, 1.165) is 17.7 Å². The lowest BCUT2D eigenvalue weighted by molar-refractivity contribution is -0.143. The Labute approximate surface area is 203 Å². The summed E-state index contributed by atoms with van der Waals surface area (Å²) in [5.74, 6) is 0.776. The molecule has 2 atom stereocenters. The van der Waals surface area contributed by atoms with Gasteiger partial charge in [-0.25, -0.2) is 0 Å². The Morgan fingerprint density at radius 1 is 1.12 bits per heavy atom. The van der Waals surface area contributed by atoms with Gasteiger partial charge in [-0.05, 0) is 71.6 Å². The van der Waals surface area contributed by atoms with Gasteiger partial charge in [0.05, 0.1) is 11.6 Å². The van der Waals surface area contributed by atoms with Gasteiger partial charge in [0.25, 0.3) is 5.91 Å². The van der Waals surface area contributed by atoms with Gasteiger partial charge < -0.3 is 19.7 Å². The first-order valence-corrected chi connectivity index (χ1v) is 11.8. The molecule has 0 aromatic heterocycles. The lowest BCUT2D eigenvalue weighted by Crippen LogP contribution is -2.51. The highest BCUT2D eigenvalue weighted by Gasteiger charge is 2.29. The van der Waals surface area contributed by atoms with Crippen LogP contribution in [0.3, 0.4) is 0 Å². The fourth-order valence-electron chi connectivity index (χ4n) is 3.10. The number of amides is 2. The van der Waals surface area contributed by atoms with Crippen LogP contribution in [0.15, 0.2) is 46.9 Å². The van der Waals surface area contributed by atoms with Crippen LogP contribution >= 0.6 is 27.5 Å². The number of carbonyl (C=O) groups excluding carboxylic acids is 2. The third-order valence-electron chi connectivity index (χ3n) is 5.14. The van der Waals surface area contributed by atoms with Crippen LogP contribution in [-0.2, 0) is 16.1 Å². The molecule has 2 rings (SSSR count). The van der Waals surface area contributed by atoms with Crippen molar-refractivity contribution in [3.8, 4) is 11.5 Å². The minimum absolute atomic E-state index is 0.0239. The quantitative estimate of drug-likeness (QED) is 0.437. The summed E-state index contributed by atoms with van der Waals surface area (Å²) < 4.78 is 11.6. The molecule has 0 fully saturated rings. The first kappa shape index (κ1) is 26.0. The average molecular weight is 526 g/mol. The second kappa shape index (κ2) is 12.7. The maximum atomic E-state index is 13.2. The third-order valence-corrected chi connectivity index (χ3v) is 6.00. The molecule has 0 spiro atoms. The van der Waals surface area contributed by atoms with Gasteiger partial charge in [0.15, 0.2) is 6.61 Å². The van der Waals surface area contributed by atoms with E-state index in [9.17, 15) is 9.59 Å². The summed E-state index contributed by atoms with van der Waals surface area (Å²) >= 11 is 9.37. The molecular formula is C24H30BrClN2O4. The molecule has 2 amide bonds. The molecule has 0 aliphatic heterocycles. The van der Waals surface area contributed by atoms with Gasteiger partial charge in [-0.1, -0.05) is 37.6 Å². The molecule has 174 valence electrons. The summed E-state index contributed by atoms with van der Waals surface area (Å²) in [6, 6.07) is 11.9. The zero-order valence-electron chi connectivity index (χ0n) is 18.9. The fourth-order valence-corrected chi connectivity index (χ4v) is 3.90. The molecule has 0 saturated carbocycles. The molecule has 2 aromatic carbocycles. The van der Waals surface area contributed by atoms with Crippen LogP contribution in [-0.4, -0.2) is 42.5 Å². The van der Waals surface area contributed by atoms with E-state index in [0.29, 0.717) is 21.7 Å². The molecule has 8 heteroatoms. The SMILES string of the molecule is CCC(C)NC(=O)C(CC)N(Cc1ccc(OC)cc1)C(=O)COc1ccc(Cl)cc1Br. The minimum Gasteiger partial charge on any atom is -0.497 e. The van der Waals surface area contributed by atoms with Crippen molar-refractivity contribution in [2.75, 3.05) is 13.7 Å². The Kier molecular flexibility index (Phi) is 10.3. The Morgan fingerprint density at radius 3 is 2.38 bits per heavy atom. The van der Waals surface area contributed by atoms with Crippen molar-refractivity contribution in [2.45, 2.75) is 52.2 Å². The predicted octanol–water partition coefficient (Wildman–Crippen LogP) is 5.21. The number of hydrogen-bond acceptors (Lipinski definition) is 4. The number of hydrogen-bond donors (Lipinski definition) is 1. The van der Waals surface area contributed by atoms with Crippen molar-refractivity contribution in [3.05, 3.63) is 57.5 Å². The molecule has 1 N–H and O–H groups in total. The molecule has 2 aromatic rings. The summed E-state index contributed by atoms with van der Waals surface area (Å²) in [7, 11) is 1.60. The van der Waals surface area contributed by atoms with Crippen LogP contribution in [0.5, 0.6) is 11.5 Å². The van der Waals surface area contributed by atoms with Crippen LogP contribution in [0.25, 0.3) is 0 Å². The molecule has 0 aliphatic rings. The van der Waals surface area contributed by atoms with Crippen molar-refractivity contribution < 1.29 is 19.1 Å². The van der Waals surface area contributed by atoms with Crippen molar-refractivity contribution in [1.82, 2.24) is 10.2 Å². The molecule has 2 unspecified atom stereocenters. The van der Waals surface area contributed by atoms with Crippen LogP contribution in [0.1, 0.15) is 39.2 Å². The molecule has 32 heavy (non-hydrogen) atoms. The van der Waals surface area contributed by atoms with E-state index in [2.05, 4.69) is 21.2 Å². The lowest BCUT2D eigenvalue weighted by atomic mass is 10.1. The van der Waals surface area contributed by atoms with E-state index in [4.69, 9.17) is 21.1 Å². The number of benzene rings is 2. The van der Waals surface area contributed by atoms with Crippen molar-refractivity contribution >= 4 is 39.3 Å². The number of rotatable bonds is 11. The van der Waals surface area contributed by atoms with Crippen LogP contribution in [0.2, 0.25) is 5.02 Å². The summed E-state index contributed by atoms with van der Waals surface area (Å²) in [6.45, 7) is 5.92. The molecule has 0 saturated heterocycles. The third kappa shape index (κ3) is 7.41. The van der Waals surface area contributed by atoms with Crippen LogP contribution < -0.4 is 14.8 Å². The maximum absolute atomic E-state index is 13.2. The number of nitrogens with zero attached hydrogens (tertiary/aromatic N) is 1. The van der Waals surface area contributed by atoms with E-state index in [1.165, 1.54) is 0 Å². The molecule has 0 aliphatic carbocycles. The van der Waals surface area contributed by atoms with E-state index >= 15 is 0 Å². The topological polar surface area (TPSA) is 67.9 Å². The second-order valence-electron chi connectivity index (χ2n) is 7.48. The Hall–Kier alpha value is -2.25. The van der Waals surface area contributed by atoms with Crippen LogP contribution in [0.4, 0.5) is 0 Å². The second-order valence-corrected chi connectivity index (χ2v) is 8.77. The molecule has 0 heterocycles. The zero-order chi connectivity index (χ0) is 23.7. The normalized spacial score (nSPS) is 12.6.